The number of rotatable bonds is 2. The highest BCUT2D eigenvalue weighted by Gasteiger charge is 2.71. The second-order valence-corrected chi connectivity index (χ2v) is 28.2. The molecule has 5 aliphatic rings. The number of fused-ring (bicyclic) bond motifs is 1. The van der Waals surface area contributed by atoms with Crippen molar-refractivity contribution in [2.24, 2.45) is 0 Å². The zero-order valence-electron chi connectivity index (χ0n) is 38.0. The maximum absolute atomic E-state index is 6.77. The van der Waals surface area contributed by atoms with Gasteiger partial charge in [-0.15, -0.1) is 0 Å². The molecule has 5 aliphatic carbocycles. The first-order valence-electron chi connectivity index (χ1n) is 27.0. The van der Waals surface area contributed by atoms with Gasteiger partial charge in [0, 0.05) is 22.0 Å². The zero-order chi connectivity index (χ0) is 44.8. The van der Waals surface area contributed by atoms with Crippen molar-refractivity contribution in [1.82, 2.24) is 0 Å². The van der Waals surface area contributed by atoms with Crippen molar-refractivity contribution < 1.29 is 9.47 Å². The lowest BCUT2D eigenvalue weighted by molar-refractivity contribution is 0.282. The van der Waals surface area contributed by atoms with Gasteiger partial charge in [-0.3, -0.25) is 0 Å². The van der Waals surface area contributed by atoms with E-state index in [4.69, 9.17) is 9.47 Å². The van der Waals surface area contributed by atoms with Crippen LogP contribution in [0.1, 0.15) is 33.4 Å². The van der Waals surface area contributed by atoms with Crippen LogP contribution in [0.5, 0.6) is 11.5 Å². The number of hydrogen-bond acceptors (Lipinski definition) is 2. The first-order chi connectivity index (χ1) is 36.6. The Morgan fingerprint density at radius 2 is 0.338 bits per heavy atom. The summed E-state index contributed by atoms with van der Waals surface area (Å²) in [6.07, 6.45) is 1.76. The van der Waals surface area contributed by atoms with Gasteiger partial charge in [0.2, 0.25) is 0 Å². The Labute approximate surface area is 420 Å². The third kappa shape index (κ3) is 1.58. The van der Waals surface area contributed by atoms with E-state index >= 15 is 0 Å². The SMILES string of the molecule is COc1c(Br)c(Br)c(OC)c2c1CC13c4c5c6c7c8c9c(c%10c%11c1c1c4c4c%12c5c5c6c6c8c8c%13c9c9c%10c%10c%11c%11c1c1c4c4c%12c%12c5c5c6c8c6c8c%13c9c9c%10c%10c%11c1c1c4c4c%12c5c6c5c8c9c%10c1c45)C73C2. The Kier molecular flexibility index (Phi) is 2.65. The molecule has 316 valence electrons. The Bertz CT molecular complexity index is 7020. The molecule has 0 saturated heterocycles. The van der Waals surface area contributed by atoms with Crippen LogP contribution in [0.4, 0.5) is 0 Å². The summed E-state index contributed by atoms with van der Waals surface area (Å²) in [4.78, 5) is 0. The zero-order valence-corrected chi connectivity index (χ0v) is 41.2. The van der Waals surface area contributed by atoms with E-state index in [0.717, 1.165) is 33.3 Å². The molecule has 74 heavy (non-hydrogen) atoms. The van der Waals surface area contributed by atoms with Crippen molar-refractivity contribution in [2.45, 2.75) is 23.7 Å². The standard InChI is InChI=1S/C70H10Br2O2/c1-73-67-5-3-69-61-53-45-35-25-17-9-7-8-11-15-13(9)21-29-23(15)33-27-19(11)20-12(8)16-14-10(7)18(17)26-32-22(14)30-24(16)34-28(20)38-37(27)47-41(33)51-43(29)49(39(45)31(21)25)57(61)59(51)63-55(47)56-48(38)42(34)52-44(30)50-40(32)46(36(26)35)54(53)62(69)58(50)60(52)64(56)70(63,69)4-6(5)68(74-2)66(72)65(67)71/h3-4H2,1-2H3. The van der Waals surface area contributed by atoms with E-state index in [1.807, 2.05) is 14.2 Å². The van der Waals surface area contributed by atoms with Gasteiger partial charge in [0.05, 0.1) is 23.2 Å². The smallest absolute Gasteiger partial charge is 0.137 e. The maximum atomic E-state index is 6.77. The number of hydrogen-bond donors (Lipinski definition) is 0. The first kappa shape index (κ1) is 29.2. The molecule has 29 aromatic carbocycles. The molecule has 0 heterocycles. The Balaban J connectivity index is 1.13. The second-order valence-electron chi connectivity index (χ2n) is 26.6. The lowest BCUT2D eigenvalue weighted by Gasteiger charge is -2.57. The van der Waals surface area contributed by atoms with Crippen LogP contribution in [-0.4, -0.2) is 14.2 Å². The van der Waals surface area contributed by atoms with Crippen LogP contribution in [0.2, 0.25) is 0 Å². The van der Waals surface area contributed by atoms with Crippen LogP contribution < -0.4 is 9.47 Å². The molecule has 34 rings (SSSR count). The van der Waals surface area contributed by atoms with Gasteiger partial charge in [-0.1, -0.05) is 0 Å². The third-order valence-electron chi connectivity index (χ3n) is 26.5. The van der Waals surface area contributed by atoms with E-state index in [-0.39, 0.29) is 10.8 Å². The fourth-order valence-corrected chi connectivity index (χ4v) is 27.4. The number of halogens is 2. The summed E-state index contributed by atoms with van der Waals surface area (Å²) >= 11 is 8.34. The topological polar surface area (TPSA) is 18.5 Å². The van der Waals surface area contributed by atoms with Crippen LogP contribution in [0.25, 0.3) is 291 Å². The first-order valence-corrected chi connectivity index (χ1v) is 28.6. The normalized spacial score (nSPS) is 21.8. The highest BCUT2D eigenvalue weighted by atomic mass is 79.9. The highest BCUT2D eigenvalue weighted by Crippen LogP contribution is 2.86. The van der Waals surface area contributed by atoms with Gasteiger partial charge in [0.1, 0.15) is 11.5 Å². The largest absolute Gasteiger partial charge is 0.495 e. The molecular weight excluding hydrogens is 1030 g/mol. The van der Waals surface area contributed by atoms with Crippen LogP contribution in [0.15, 0.2) is 8.95 Å². The summed E-state index contributed by atoms with van der Waals surface area (Å²) in [6, 6.07) is 0. The minimum absolute atomic E-state index is 0.378. The van der Waals surface area contributed by atoms with Crippen molar-refractivity contribution in [3.63, 3.8) is 0 Å². The molecule has 0 aliphatic heterocycles. The molecule has 0 bridgehead atoms. The van der Waals surface area contributed by atoms with E-state index < -0.39 is 0 Å². The molecule has 0 N–H and O–H groups in total. The molecule has 29 aromatic rings. The summed E-state index contributed by atoms with van der Waals surface area (Å²) in [6.45, 7) is 0. The third-order valence-corrected chi connectivity index (χ3v) is 28.5. The minimum atomic E-state index is -0.378. The molecule has 0 saturated carbocycles. The van der Waals surface area contributed by atoms with Crippen LogP contribution >= 0.6 is 31.9 Å². The van der Waals surface area contributed by atoms with Gasteiger partial charge in [-0.2, -0.15) is 0 Å². The van der Waals surface area contributed by atoms with E-state index in [2.05, 4.69) is 31.9 Å². The van der Waals surface area contributed by atoms with Crippen LogP contribution in [0.3, 0.4) is 0 Å². The van der Waals surface area contributed by atoms with Gasteiger partial charge >= 0.3 is 0 Å². The Morgan fingerprint density at radius 3 is 0.459 bits per heavy atom. The molecule has 0 amide bonds. The Morgan fingerprint density at radius 1 is 0.216 bits per heavy atom. The summed E-state index contributed by atoms with van der Waals surface area (Å²) in [5.74, 6) is 1.94. The highest BCUT2D eigenvalue weighted by molar-refractivity contribution is 9.13. The van der Waals surface area contributed by atoms with Gasteiger partial charge < -0.3 is 9.47 Å². The predicted molar refractivity (Wildman–Crippen MR) is 316 cm³/mol. The summed E-state index contributed by atoms with van der Waals surface area (Å²) in [5, 5.41) is 88.6. The van der Waals surface area contributed by atoms with Crippen LogP contribution in [0, 0.1) is 0 Å². The molecule has 2 spiro atoms. The number of methoxy groups -OCH3 is 2. The molecule has 0 aromatic heterocycles. The fourth-order valence-electron chi connectivity index (χ4n) is 26.3. The Hall–Kier alpha value is -7.76. The van der Waals surface area contributed by atoms with Gasteiger partial charge in [-0.25, -0.2) is 0 Å². The molecule has 0 unspecified atom stereocenters. The molecular formula is C70H10Br2O2. The molecule has 0 atom stereocenters. The summed E-state index contributed by atoms with van der Waals surface area (Å²) < 4.78 is 15.5. The fraction of sp³-hybridized carbons (Fsp3) is 0.0857. The summed E-state index contributed by atoms with van der Waals surface area (Å²) in [5.41, 5.74) is 8.74. The van der Waals surface area contributed by atoms with E-state index in [9.17, 15) is 0 Å². The average molecular weight is 1040 g/mol. The van der Waals surface area contributed by atoms with Crippen LogP contribution in [-0.2, 0) is 23.7 Å². The monoisotopic (exact) mass is 1040 g/mol. The lowest BCUT2D eigenvalue weighted by Crippen LogP contribution is -2.57. The van der Waals surface area contributed by atoms with Crippen molar-refractivity contribution in [3.05, 3.63) is 42.3 Å². The van der Waals surface area contributed by atoms with Crippen molar-refractivity contribution in [3.8, 4) is 11.5 Å². The van der Waals surface area contributed by atoms with Gasteiger partial charge in [0.15, 0.2) is 0 Å². The van der Waals surface area contributed by atoms with E-state index in [1.54, 1.807) is 313 Å². The number of benzene rings is 19. The summed E-state index contributed by atoms with van der Waals surface area (Å²) in [7, 11) is 3.82. The van der Waals surface area contributed by atoms with E-state index in [0.29, 0.717) is 0 Å². The quantitative estimate of drug-likeness (QED) is 0.161. The molecule has 2 nitrogen and oxygen atoms in total. The second kappa shape index (κ2) is 6.71. The maximum Gasteiger partial charge on any atom is 0.137 e. The lowest BCUT2D eigenvalue weighted by atomic mass is 9.43. The van der Waals surface area contributed by atoms with E-state index in [1.165, 1.54) is 11.1 Å². The molecule has 0 radical (unpaired) electrons. The van der Waals surface area contributed by atoms with Crippen molar-refractivity contribution in [1.29, 1.82) is 0 Å². The molecule has 0 fully saturated rings. The minimum Gasteiger partial charge on any atom is -0.495 e. The average Bonchev–Trinajstić information content (AvgIpc) is 3.86. The van der Waals surface area contributed by atoms with Crippen molar-refractivity contribution in [2.75, 3.05) is 14.2 Å². The number of ether oxygens (including phenoxy) is 2. The molecule has 4 heteroatoms. The van der Waals surface area contributed by atoms with Gasteiger partial charge in [0.25, 0.3) is 0 Å². The van der Waals surface area contributed by atoms with Gasteiger partial charge in [-0.05, 0) is 358 Å². The van der Waals surface area contributed by atoms with Crippen molar-refractivity contribution >= 4 is 323 Å². The predicted octanol–water partition coefficient (Wildman–Crippen LogP) is 19.6.